The predicted molar refractivity (Wildman–Crippen MR) is 95.3 cm³/mol. The fourth-order valence-electron chi connectivity index (χ4n) is 3.22. The summed E-state index contributed by atoms with van der Waals surface area (Å²) >= 11 is 0. The number of anilines is 1. The summed E-state index contributed by atoms with van der Waals surface area (Å²) in [5.74, 6) is 0.912. The number of piperazine rings is 1. The Morgan fingerprint density at radius 1 is 1.12 bits per heavy atom. The minimum Gasteiger partial charge on any atom is -0.368 e. The number of Topliss-reactive ketones (excluding diaryl/α,β-unsaturated/α-hetero) is 1. The SMILES string of the molecule is O=C(Cc1nc2ccccc2[nH]1)C1CN(c2ccccc2)CCN1. The molecule has 2 heterocycles. The molecule has 2 aromatic carbocycles. The van der Waals surface area contributed by atoms with E-state index in [1.165, 1.54) is 5.69 Å². The highest BCUT2D eigenvalue weighted by molar-refractivity contribution is 5.87. The first kappa shape index (κ1) is 14.9. The largest absolute Gasteiger partial charge is 0.368 e. The van der Waals surface area contributed by atoms with E-state index in [-0.39, 0.29) is 11.8 Å². The van der Waals surface area contributed by atoms with E-state index in [0.29, 0.717) is 13.0 Å². The number of para-hydroxylation sites is 3. The van der Waals surface area contributed by atoms with E-state index >= 15 is 0 Å². The fourth-order valence-corrected chi connectivity index (χ4v) is 3.22. The standard InChI is InChI=1S/C19H20N4O/c24-18(12-19-21-15-8-4-5-9-16(15)22-19)17-13-23(11-10-20-17)14-6-2-1-3-7-14/h1-9,17,20H,10-13H2,(H,21,22). The Hall–Kier alpha value is -2.66. The summed E-state index contributed by atoms with van der Waals surface area (Å²) in [5.41, 5.74) is 3.05. The molecule has 0 saturated carbocycles. The van der Waals surface area contributed by atoms with Crippen LogP contribution in [0.15, 0.2) is 54.6 Å². The molecule has 1 aliphatic rings. The molecule has 1 atom stereocenters. The third-order valence-corrected chi connectivity index (χ3v) is 4.47. The highest BCUT2D eigenvalue weighted by Gasteiger charge is 2.26. The maximum absolute atomic E-state index is 12.7. The van der Waals surface area contributed by atoms with E-state index in [0.717, 1.165) is 29.9 Å². The van der Waals surface area contributed by atoms with Crippen molar-refractivity contribution >= 4 is 22.5 Å². The summed E-state index contributed by atoms with van der Waals surface area (Å²) in [6.45, 7) is 2.42. The van der Waals surface area contributed by atoms with Crippen LogP contribution in [-0.4, -0.2) is 41.4 Å². The van der Waals surface area contributed by atoms with Gasteiger partial charge in [-0.1, -0.05) is 30.3 Å². The first-order valence-electron chi connectivity index (χ1n) is 8.29. The molecule has 0 bridgehead atoms. The summed E-state index contributed by atoms with van der Waals surface area (Å²) in [7, 11) is 0. The molecule has 0 aliphatic carbocycles. The van der Waals surface area contributed by atoms with Crippen LogP contribution in [0.5, 0.6) is 0 Å². The van der Waals surface area contributed by atoms with E-state index in [4.69, 9.17) is 0 Å². The fraction of sp³-hybridized carbons (Fsp3) is 0.263. The number of carbonyl (C=O) groups excluding carboxylic acids is 1. The number of aromatic nitrogens is 2. The molecule has 3 aromatic rings. The molecule has 2 N–H and O–H groups in total. The van der Waals surface area contributed by atoms with Crippen LogP contribution < -0.4 is 10.2 Å². The number of hydrogen-bond acceptors (Lipinski definition) is 4. The number of nitrogens with zero attached hydrogens (tertiary/aromatic N) is 2. The van der Waals surface area contributed by atoms with Crippen molar-refractivity contribution in [2.45, 2.75) is 12.5 Å². The molecule has 1 fully saturated rings. The van der Waals surface area contributed by atoms with Crippen LogP contribution in [0.3, 0.4) is 0 Å². The van der Waals surface area contributed by atoms with Gasteiger partial charge in [-0.3, -0.25) is 4.79 Å². The van der Waals surface area contributed by atoms with Crippen LogP contribution in [0, 0.1) is 0 Å². The molecule has 24 heavy (non-hydrogen) atoms. The normalized spacial score (nSPS) is 18.0. The van der Waals surface area contributed by atoms with Crippen molar-refractivity contribution in [1.29, 1.82) is 0 Å². The lowest BCUT2D eigenvalue weighted by Crippen LogP contribution is -2.54. The Labute approximate surface area is 140 Å². The van der Waals surface area contributed by atoms with Crippen LogP contribution >= 0.6 is 0 Å². The molecule has 1 aromatic heterocycles. The van der Waals surface area contributed by atoms with Gasteiger partial charge in [-0.15, -0.1) is 0 Å². The van der Waals surface area contributed by atoms with Crippen molar-refractivity contribution in [3.05, 3.63) is 60.4 Å². The van der Waals surface area contributed by atoms with Gasteiger partial charge in [0.05, 0.1) is 23.5 Å². The van der Waals surface area contributed by atoms with E-state index in [2.05, 4.69) is 32.3 Å². The number of ketones is 1. The van der Waals surface area contributed by atoms with Crippen molar-refractivity contribution in [3.63, 3.8) is 0 Å². The van der Waals surface area contributed by atoms with Crippen molar-refractivity contribution < 1.29 is 4.79 Å². The monoisotopic (exact) mass is 320 g/mol. The predicted octanol–water partition coefficient (Wildman–Crippen LogP) is 2.15. The van der Waals surface area contributed by atoms with Crippen LogP contribution in [0.2, 0.25) is 0 Å². The van der Waals surface area contributed by atoms with Gasteiger partial charge in [0, 0.05) is 25.3 Å². The number of imidazole rings is 1. The Bertz CT molecular complexity index is 810. The van der Waals surface area contributed by atoms with E-state index in [9.17, 15) is 4.79 Å². The van der Waals surface area contributed by atoms with Gasteiger partial charge in [-0.2, -0.15) is 0 Å². The molecule has 4 rings (SSSR count). The van der Waals surface area contributed by atoms with Gasteiger partial charge in [-0.05, 0) is 24.3 Å². The molecular formula is C19H20N4O. The van der Waals surface area contributed by atoms with Crippen LogP contribution in [-0.2, 0) is 11.2 Å². The van der Waals surface area contributed by atoms with Gasteiger partial charge in [0.2, 0.25) is 0 Å². The number of fused-ring (bicyclic) bond motifs is 1. The maximum Gasteiger partial charge on any atom is 0.159 e. The molecule has 0 spiro atoms. The van der Waals surface area contributed by atoms with Crippen LogP contribution in [0.4, 0.5) is 5.69 Å². The Kier molecular flexibility index (Phi) is 4.01. The van der Waals surface area contributed by atoms with E-state index < -0.39 is 0 Å². The Morgan fingerprint density at radius 3 is 2.75 bits per heavy atom. The number of carbonyl (C=O) groups is 1. The molecule has 0 amide bonds. The van der Waals surface area contributed by atoms with Gasteiger partial charge in [-0.25, -0.2) is 4.98 Å². The topological polar surface area (TPSA) is 61.0 Å². The Morgan fingerprint density at radius 2 is 1.92 bits per heavy atom. The molecule has 5 heteroatoms. The van der Waals surface area contributed by atoms with Gasteiger partial charge in [0.25, 0.3) is 0 Å². The van der Waals surface area contributed by atoms with Crippen LogP contribution in [0.1, 0.15) is 5.82 Å². The molecule has 0 radical (unpaired) electrons. The molecule has 1 saturated heterocycles. The first-order valence-corrected chi connectivity index (χ1v) is 8.29. The zero-order chi connectivity index (χ0) is 16.4. The molecule has 1 unspecified atom stereocenters. The van der Waals surface area contributed by atoms with Gasteiger partial charge in [0.15, 0.2) is 5.78 Å². The van der Waals surface area contributed by atoms with Crippen molar-refractivity contribution in [2.24, 2.45) is 0 Å². The van der Waals surface area contributed by atoms with Crippen molar-refractivity contribution in [1.82, 2.24) is 15.3 Å². The lowest BCUT2D eigenvalue weighted by atomic mass is 10.1. The van der Waals surface area contributed by atoms with Gasteiger partial charge < -0.3 is 15.2 Å². The average Bonchev–Trinajstić information content (AvgIpc) is 3.05. The maximum atomic E-state index is 12.7. The Balaban J connectivity index is 1.45. The van der Waals surface area contributed by atoms with Crippen molar-refractivity contribution in [2.75, 3.05) is 24.5 Å². The van der Waals surface area contributed by atoms with Crippen molar-refractivity contribution in [3.8, 4) is 0 Å². The lowest BCUT2D eigenvalue weighted by molar-refractivity contribution is -0.120. The summed E-state index contributed by atoms with van der Waals surface area (Å²) < 4.78 is 0. The van der Waals surface area contributed by atoms with Crippen LogP contribution in [0.25, 0.3) is 11.0 Å². The third kappa shape index (κ3) is 3.03. The number of rotatable bonds is 4. The zero-order valence-corrected chi connectivity index (χ0v) is 13.4. The second kappa shape index (κ2) is 6.45. The quantitative estimate of drug-likeness (QED) is 0.773. The average molecular weight is 320 g/mol. The van der Waals surface area contributed by atoms with Gasteiger partial charge in [0.1, 0.15) is 5.82 Å². The summed E-state index contributed by atoms with van der Waals surface area (Å²) in [5, 5.41) is 3.34. The minimum atomic E-state index is -0.160. The summed E-state index contributed by atoms with van der Waals surface area (Å²) in [6, 6.07) is 17.9. The minimum absolute atomic E-state index is 0.160. The second-order valence-corrected chi connectivity index (χ2v) is 6.13. The first-order chi connectivity index (χ1) is 11.8. The summed E-state index contributed by atoms with van der Waals surface area (Å²) in [6.07, 6.45) is 0.328. The number of aromatic amines is 1. The lowest BCUT2D eigenvalue weighted by Gasteiger charge is -2.34. The number of benzene rings is 2. The highest BCUT2D eigenvalue weighted by atomic mass is 16.1. The highest BCUT2D eigenvalue weighted by Crippen LogP contribution is 2.16. The van der Waals surface area contributed by atoms with E-state index in [1.54, 1.807) is 0 Å². The second-order valence-electron chi connectivity index (χ2n) is 6.13. The van der Waals surface area contributed by atoms with Gasteiger partial charge >= 0.3 is 0 Å². The number of hydrogen-bond donors (Lipinski definition) is 2. The molecule has 5 nitrogen and oxygen atoms in total. The number of H-pyrrole nitrogens is 1. The third-order valence-electron chi connectivity index (χ3n) is 4.47. The number of nitrogens with one attached hydrogen (secondary N) is 2. The zero-order valence-electron chi connectivity index (χ0n) is 13.4. The molecule has 1 aliphatic heterocycles. The smallest absolute Gasteiger partial charge is 0.159 e. The summed E-state index contributed by atoms with van der Waals surface area (Å²) in [4.78, 5) is 22.7. The molecular weight excluding hydrogens is 300 g/mol. The molecule has 122 valence electrons. The van der Waals surface area contributed by atoms with E-state index in [1.807, 2.05) is 42.5 Å².